The molecule has 0 bridgehead atoms. The van der Waals surface area contributed by atoms with Crippen LogP contribution in [0.15, 0.2) is 36.4 Å². The van der Waals surface area contributed by atoms with Crippen LogP contribution in [0.4, 0.5) is 8.78 Å². The Balaban J connectivity index is 1.32. The second-order valence-corrected chi connectivity index (χ2v) is 8.53. The van der Waals surface area contributed by atoms with Crippen LogP contribution in [0.5, 0.6) is 0 Å². The quantitative estimate of drug-likeness (QED) is 0.439. The van der Waals surface area contributed by atoms with Crippen LogP contribution in [-0.4, -0.2) is 6.67 Å². The van der Waals surface area contributed by atoms with Crippen LogP contribution < -0.4 is 0 Å². The van der Waals surface area contributed by atoms with Gasteiger partial charge in [-0.15, -0.1) is 0 Å². The zero-order valence-corrected chi connectivity index (χ0v) is 16.0. The maximum absolute atomic E-state index is 13.1. The summed E-state index contributed by atoms with van der Waals surface area (Å²) in [4.78, 5) is 0. The van der Waals surface area contributed by atoms with Crippen LogP contribution in [0.25, 0.3) is 0 Å². The first kappa shape index (κ1) is 19.6. The van der Waals surface area contributed by atoms with Gasteiger partial charge in [0, 0.05) is 0 Å². The van der Waals surface area contributed by atoms with Crippen LogP contribution >= 0.6 is 0 Å². The van der Waals surface area contributed by atoms with Gasteiger partial charge in [-0.05, 0) is 99.2 Å². The van der Waals surface area contributed by atoms with Crippen LogP contribution in [0.2, 0.25) is 0 Å². The minimum atomic E-state index is -0.227. The summed E-state index contributed by atoms with van der Waals surface area (Å²) >= 11 is 0. The monoisotopic (exact) mass is 360 g/mol. The van der Waals surface area contributed by atoms with E-state index in [-0.39, 0.29) is 12.5 Å². The molecule has 2 heteroatoms. The van der Waals surface area contributed by atoms with E-state index >= 15 is 0 Å². The lowest BCUT2D eigenvalue weighted by atomic mass is 9.74. The molecule has 0 aliphatic heterocycles. The Labute approximate surface area is 158 Å². The largest absolute Gasteiger partial charge is 0.251 e. The molecule has 0 amide bonds. The fourth-order valence-corrected chi connectivity index (χ4v) is 5.01. The molecule has 0 nitrogen and oxygen atoms in total. The number of allylic oxidation sites excluding steroid dienone is 2. The summed E-state index contributed by atoms with van der Waals surface area (Å²) in [6, 6.07) is 7.15. The van der Waals surface area contributed by atoms with E-state index in [2.05, 4.69) is 6.08 Å². The van der Waals surface area contributed by atoms with Gasteiger partial charge in [-0.3, -0.25) is 4.39 Å². The third-order valence-corrected chi connectivity index (χ3v) is 6.75. The van der Waals surface area contributed by atoms with Gasteiger partial charge in [0.1, 0.15) is 5.82 Å². The highest BCUT2D eigenvalue weighted by atomic mass is 19.1. The van der Waals surface area contributed by atoms with Gasteiger partial charge in [0.05, 0.1) is 6.67 Å². The van der Waals surface area contributed by atoms with Crippen LogP contribution in [-0.2, 0) is 0 Å². The SMILES string of the molecule is FCC/C=C/[C@H]1CC[C@H](CC[C@H]2CC[C@H](c3ccc(F)cc3)CC2)CC1. The van der Waals surface area contributed by atoms with E-state index in [1.54, 1.807) is 12.1 Å². The molecule has 1 aromatic carbocycles. The summed E-state index contributed by atoms with van der Waals surface area (Å²) < 4.78 is 25.2. The van der Waals surface area contributed by atoms with E-state index in [0.29, 0.717) is 18.3 Å². The first-order chi connectivity index (χ1) is 12.7. The van der Waals surface area contributed by atoms with Gasteiger partial charge in [-0.2, -0.15) is 0 Å². The lowest BCUT2D eigenvalue weighted by Crippen LogP contribution is -2.17. The van der Waals surface area contributed by atoms with Gasteiger partial charge < -0.3 is 0 Å². The van der Waals surface area contributed by atoms with E-state index in [9.17, 15) is 8.78 Å². The standard InChI is InChI=1S/C24H34F2/c25-18-2-1-3-19-4-6-20(7-5-19)8-9-21-10-12-22(13-11-21)23-14-16-24(26)17-15-23/h1,3,14-17,19-22H,2,4-13,18H2/b3-1+/t19-,20-,21-,22-. The zero-order valence-electron chi connectivity index (χ0n) is 16.0. The van der Waals surface area contributed by atoms with Gasteiger partial charge in [-0.25, -0.2) is 4.39 Å². The molecule has 2 saturated carbocycles. The fourth-order valence-electron chi connectivity index (χ4n) is 5.01. The highest BCUT2D eigenvalue weighted by molar-refractivity contribution is 5.20. The predicted molar refractivity (Wildman–Crippen MR) is 106 cm³/mol. The van der Waals surface area contributed by atoms with Crippen molar-refractivity contribution in [1.29, 1.82) is 0 Å². The maximum Gasteiger partial charge on any atom is 0.123 e. The molecule has 2 aliphatic rings. The fraction of sp³-hybridized carbons (Fsp3) is 0.667. The maximum atomic E-state index is 13.1. The molecule has 0 spiro atoms. The van der Waals surface area contributed by atoms with E-state index in [4.69, 9.17) is 0 Å². The number of rotatable bonds is 7. The van der Waals surface area contributed by atoms with Gasteiger partial charge in [-0.1, -0.05) is 37.1 Å². The highest BCUT2D eigenvalue weighted by Gasteiger charge is 2.24. The molecule has 2 aliphatic carbocycles. The predicted octanol–water partition coefficient (Wildman–Crippen LogP) is 7.60. The van der Waals surface area contributed by atoms with Gasteiger partial charge in [0.15, 0.2) is 0 Å². The summed E-state index contributed by atoms with van der Waals surface area (Å²) in [5, 5.41) is 0. The second-order valence-electron chi connectivity index (χ2n) is 8.53. The minimum Gasteiger partial charge on any atom is -0.251 e. The molecule has 0 N–H and O–H groups in total. The average molecular weight is 361 g/mol. The summed E-state index contributed by atoms with van der Waals surface area (Å²) in [5.41, 5.74) is 1.32. The van der Waals surface area contributed by atoms with Crippen molar-refractivity contribution in [3.8, 4) is 0 Å². The smallest absolute Gasteiger partial charge is 0.123 e. The summed E-state index contributed by atoms with van der Waals surface area (Å²) in [6.45, 7) is -0.227. The highest BCUT2D eigenvalue weighted by Crippen LogP contribution is 2.39. The number of hydrogen-bond acceptors (Lipinski definition) is 0. The molecule has 1 aromatic rings. The number of benzene rings is 1. The molecule has 0 radical (unpaired) electrons. The van der Waals surface area contributed by atoms with Crippen LogP contribution in [0.1, 0.15) is 82.1 Å². The van der Waals surface area contributed by atoms with Crippen molar-refractivity contribution < 1.29 is 8.78 Å². The van der Waals surface area contributed by atoms with Crippen molar-refractivity contribution in [2.45, 2.75) is 76.5 Å². The van der Waals surface area contributed by atoms with E-state index < -0.39 is 0 Å². The molecule has 0 atom stereocenters. The average Bonchev–Trinajstić information content (AvgIpc) is 2.69. The zero-order chi connectivity index (χ0) is 18.2. The Kier molecular flexibility index (Phi) is 7.70. The third-order valence-electron chi connectivity index (χ3n) is 6.75. The number of halogens is 2. The first-order valence-corrected chi connectivity index (χ1v) is 10.7. The molecule has 2 fully saturated rings. The molecule has 0 saturated heterocycles. The van der Waals surface area contributed by atoms with E-state index in [0.717, 1.165) is 11.8 Å². The molecule has 0 heterocycles. The Morgan fingerprint density at radius 1 is 0.808 bits per heavy atom. The Morgan fingerprint density at radius 3 is 1.96 bits per heavy atom. The third kappa shape index (κ3) is 5.93. The van der Waals surface area contributed by atoms with E-state index in [1.807, 2.05) is 18.2 Å². The van der Waals surface area contributed by atoms with Crippen molar-refractivity contribution >= 4 is 0 Å². The number of hydrogen-bond donors (Lipinski definition) is 0. The number of alkyl halides is 1. The Morgan fingerprint density at radius 2 is 1.38 bits per heavy atom. The van der Waals surface area contributed by atoms with Crippen molar-refractivity contribution in [2.24, 2.45) is 17.8 Å². The molecule has 0 aromatic heterocycles. The molecule has 3 rings (SSSR count). The normalized spacial score (nSPS) is 29.9. The van der Waals surface area contributed by atoms with Gasteiger partial charge >= 0.3 is 0 Å². The first-order valence-electron chi connectivity index (χ1n) is 10.7. The van der Waals surface area contributed by atoms with Crippen LogP contribution in [0, 0.1) is 23.6 Å². The summed E-state index contributed by atoms with van der Waals surface area (Å²) in [6.07, 6.45) is 18.2. The van der Waals surface area contributed by atoms with Crippen molar-refractivity contribution in [2.75, 3.05) is 6.67 Å². The summed E-state index contributed by atoms with van der Waals surface area (Å²) in [7, 11) is 0. The lowest BCUT2D eigenvalue weighted by molar-refractivity contribution is 0.246. The molecule has 0 unspecified atom stereocenters. The topological polar surface area (TPSA) is 0 Å². The molecular weight excluding hydrogens is 326 g/mol. The van der Waals surface area contributed by atoms with E-state index in [1.165, 1.54) is 69.8 Å². The van der Waals surface area contributed by atoms with Crippen LogP contribution in [0.3, 0.4) is 0 Å². The van der Waals surface area contributed by atoms with Crippen molar-refractivity contribution in [3.63, 3.8) is 0 Å². The summed E-state index contributed by atoms with van der Waals surface area (Å²) in [5.74, 6) is 3.02. The van der Waals surface area contributed by atoms with Crippen molar-refractivity contribution in [1.82, 2.24) is 0 Å². The molecule has 26 heavy (non-hydrogen) atoms. The second kappa shape index (κ2) is 10.2. The molecule has 144 valence electrons. The Hall–Kier alpha value is -1.18. The van der Waals surface area contributed by atoms with Crippen molar-refractivity contribution in [3.05, 3.63) is 47.8 Å². The van der Waals surface area contributed by atoms with Gasteiger partial charge in [0.25, 0.3) is 0 Å². The lowest BCUT2D eigenvalue weighted by Gasteiger charge is -2.31. The molecular formula is C24H34F2. The Bertz CT molecular complexity index is 532. The minimum absolute atomic E-state index is 0.130. The van der Waals surface area contributed by atoms with Gasteiger partial charge in [0.2, 0.25) is 0 Å².